The molecule has 1 radical (unpaired) electrons. The molecule has 0 amide bonds. The van der Waals surface area contributed by atoms with E-state index in [0.29, 0.717) is 6.61 Å². The smallest absolute Gasteiger partial charge is 0.313 e. The molecule has 0 fully saturated rings. The molecule has 0 aromatic carbocycles. The van der Waals surface area contributed by atoms with Crippen molar-refractivity contribution in [1.82, 2.24) is 0 Å². The summed E-state index contributed by atoms with van der Waals surface area (Å²) in [6.45, 7) is 2.00. The van der Waals surface area contributed by atoms with Crippen molar-refractivity contribution >= 4 is 12.3 Å². The highest BCUT2D eigenvalue weighted by Crippen LogP contribution is 1.79. The minimum Gasteiger partial charge on any atom is -0.466 e. The Morgan fingerprint density at radius 2 is 2.38 bits per heavy atom. The van der Waals surface area contributed by atoms with E-state index in [-0.39, 0.29) is 6.42 Å². The van der Waals surface area contributed by atoms with E-state index in [1.807, 2.05) is 0 Å². The lowest BCUT2D eigenvalue weighted by atomic mass is 10.5. The van der Waals surface area contributed by atoms with Gasteiger partial charge in [0.2, 0.25) is 6.29 Å². The minimum absolute atomic E-state index is 0.256. The molecule has 0 aromatic rings. The first-order chi connectivity index (χ1) is 3.81. The lowest BCUT2D eigenvalue weighted by Gasteiger charge is -1.92. The molecule has 0 atom stereocenters. The fourth-order valence-electron chi connectivity index (χ4n) is 0.271. The van der Waals surface area contributed by atoms with Gasteiger partial charge in [0.05, 0.1) is 6.61 Å². The third kappa shape index (κ3) is 3.33. The largest absolute Gasteiger partial charge is 0.466 e. The standard InChI is InChI=1S/C5H7O3/c1-2-8-5(7)3-4-6/h2-3H2,1H3. The van der Waals surface area contributed by atoms with Gasteiger partial charge in [-0.05, 0) is 6.92 Å². The van der Waals surface area contributed by atoms with Crippen molar-refractivity contribution in [3.63, 3.8) is 0 Å². The topological polar surface area (TPSA) is 43.4 Å². The van der Waals surface area contributed by atoms with Gasteiger partial charge in [0.1, 0.15) is 6.42 Å². The summed E-state index contributed by atoms with van der Waals surface area (Å²) in [7, 11) is 0. The summed E-state index contributed by atoms with van der Waals surface area (Å²) in [6, 6.07) is 0. The average molecular weight is 115 g/mol. The van der Waals surface area contributed by atoms with Crippen LogP contribution in [0, 0.1) is 0 Å². The van der Waals surface area contributed by atoms with E-state index in [9.17, 15) is 9.59 Å². The third-order valence-corrected chi connectivity index (χ3v) is 0.522. The van der Waals surface area contributed by atoms with Crippen molar-refractivity contribution in [2.24, 2.45) is 0 Å². The molecule has 0 rings (SSSR count). The molecule has 0 aromatic heterocycles. The van der Waals surface area contributed by atoms with Crippen LogP contribution in [-0.2, 0) is 14.3 Å². The molecule has 0 aliphatic carbocycles. The van der Waals surface area contributed by atoms with Crippen LogP contribution in [0.5, 0.6) is 0 Å². The number of carbonyl (C=O) groups is 1. The van der Waals surface area contributed by atoms with E-state index in [1.54, 1.807) is 6.92 Å². The van der Waals surface area contributed by atoms with Crippen LogP contribution in [0.4, 0.5) is 0 Å². The van der Waals surface area contributed by atoms with E-state index < -0.39 is 5.97 Å². The SMILES string of the molecule is CCOC(=O)C[C]=O. The van der Waals surface area contributed by atoms with E-state index in [0.717, 1.165) is 0 Å². The van der Waals surface area contributed by atoms with Gasteiger partial charge in [-0.3, -0.25) is 9.59 Å². The zero-order valence-corrected chi connectivity index (χ0v) is 4.64. The van der Waals surface area contributed by atoms with Crippen molar-refractivity contribution in [1.29, 1.82) is 0 Å². The summed E-state index contributed by atoms with van der Waals surface area (Å²) in [5.41, 5.74) is 0. The van der Waals surface area contributed by atoms with Crippen LogP contribution in [-0.4, -0.2) is 18.9 Å². The Hall–Kier alpha value is -0.860. The summed E-state index contributed by atoms with van der Waals surface area (Å²) in [6.07, 6.45) is 1.17. The maximum atomic E-state index is 10.2. The van der Waals surface area contributed by atoms with Gasteiger partial charge in [0.25, 0.3) is 0 Å². The number of rotatable bonds is 3. The third-order valence-electron chi connectivity index (χ3n) is 0.522. The molecule has 3 heteroatoms. The zero-order valence-electron chi connectivity index (χ0n) is 4.64. The number of ether oxygens (including phenoxy) is 1. The van der Waals surface area contributed by atoms with Crippen LogP contribution in [0.1, 0.15) is 13.3 Å². The quantitative estimate of drug-likeness (QED) is 0.385. The number of hydrogen-bond donors (Lipinski definition) is 0. The van der Waals surface area contributed by atoms with Gasteiger partial charge in [-0.1, -0.05) is 0 Å². The lowest BCUT2D eigenvalue weighted by molar-refractivity contribution is -0.141. The number of esters is 1. The highest BCUT2D eigenvalue weighted by Gasteiger charge is 1.97. The van der Waals surface area contributed by atoms with Gasteiger partial charge in [-0.15, -0.1) is 0 Å². The molecule has 0 saturated heterocycles. The highest BCUT2D eigenvalue weighted by atomic mass is 16.5. The molecule has 45 valence electrons. The second-order valence-electron chi connectivity index (χ2n) is 1.13. The molecule has 3 nitrogen and oxygen atoms in total. The van der Waals surface area contributed by atoms with E-state index in [2.05, 4.69) is 4.74 Å². The summed E-state index contributed by atoms with van der Waals surface area (Å²) in [5.74, 6) is -0.512. The summed E-state index contributed by atoms with van der Waals surface area (Å²) in [4.78, 5) is 19.6. The Labute approximate surface area is 47.6 Å². The first kappa shape index (κ1) is 7.14. The summed E-state index contributed by atoms with van der Waals surface area (Å²) in [5, 5.41) is 0. The van der Waals surface area contributed by atoms with Crippen molar-refractivity contribution in [3.05, 3.63) is 0 Å². The monoisotopic (exact) mass is 115 g/mol. The Kier molecular flexibility index (Phi) is 3.84. The van der Waals surface area contributed by atoms with Gasteiger partial charge in [-0.25, -0.2) is 0 Å². The molecule has 0 unspecified atom stereocenters. The fraction of sp³-hybridized carbons (Fsp3) is 0.600. The Morgan fingerprint density at radius 3 is 2.75 bits per heavy atom. The maximum absolute atomic E-state index is 10.2. The molecule has 8 heavy (non-hydrogen) atoms. The predicted octanol–water partition coefficient (Wildman–Crippen LogP) is 0.0493. The van der Waals surface area contributed by atoms with Crippen molar-refractivity contribution in [2.45, 2.75) is 13.3 Å². The second kappa shape index (κ2) is 4.30. The van der Waals surface area contributed by atoms with Crippen LogP contribution >= 0.6 is 0 Å². The zero-order chi connectivity index (χ0) is 6.41. The molecule has 0 bridgehead atoms. The molecule has 0 N–H and O–H groups in total. The Bertz CT molecular complexity index is 87.7. The van der Waals surface area contributed by atoms with Gasteiger partial charge in [0.15, 0.2) is 0 Å². The maximum Gasteiger partial charge on any atom is 0.313 e. The second-order valence-corrected chi connectivity index (χ2v) is 1.13. The molecular weight excluding hydrogens is 108 g/mol. The van der Waals surface area contributed by atoms with Gasteiger partial charge >= 0.3 is 5.97 Å². The number of carbonyl (C=O) groups excluding carboxylic acids is 2. The van der Waals surface area contributed by atoms with Crippen molar-refractivity contribution in [2.75, 3.05) is 6.61 Å². The Balaban J connectivity index is 3.18. The molecule has 0 aliphatic heterocycles. The van der Waals surface area contributed by atoms with Crippen LogP contribution in [0.3, 0.4) is 0 Å². The van der Waals surface area contributed by atoms with Crippen LogP contribution in [0.25, 0.3) is 0 Å². The normalized spacial score (nSPS) is 8.12. The van der Waals surface area contributed by atoms with Crippen LogP contribution in [0.15, 0.2) is 0 Å². The summed E-state index contributed by atoms with van der Waals surface area (Å²) < 4.78 is 4.38. The van der Waals surface area contributed by atoms with Gasteiger partial charge in [-0.2, -0.15) is 0 Å². The molecule has 0 aliphatic rings. The van der Waals surface area contributed by atoms with E-state index in [1.165, 1.54) is 6.29 Å². The molecule has 0 heterocycles. The van der Waals surface area contributed by atoms with E-state index >= 15 is 0 Å². The van der Waals surface area contributed by atoms with Crippen LogP contribution < -0.4 is 0 Å². The molecular formula is C5H7O3. The van der Waals surface area contributed by atoms with Crippen LogP contribution in [0.2, 0.25) is 0 Å². The van der Waals surface area contributed by atoms with Gasteiger partial charge in [0, 0.05) is 0 Å². The minimum atomic E-state index is -0.512. The van der Waals surface area contributed by atoms with Crippen molar-refractivity contribution < 1.29 is 14.3 Å². The highest BCUT2D eigenvalue weighted by molar-refractivity contribution is 5.83. The Morgan fingerprint density at radius 1 is 1.75 bits per heavy atom. The average Bonchev–Trinajstić information content (AvgIpc) is 1.68. The van der Waals surface area contributed by atoms with Crippen molar-refractivity contribution in [3.8, 4) is 0 Å². The lowest BCUT2D eigenvalue weighted by Crippen LogP contribution is -2.03. The first-order valence-corrected chi connectivity index (χ1v) is 2.32. The van der Waals surface area contributed by atoms with E-state index in [4.69, 9.17) is 0 Å². The van der Waals surface area contributed by atoms with Gasteiger partial charge < -0.3 is 4.74 Å². The predicted molar refractivity (Wildman–Crippen MR) is 26.9 cm³/mol. The molecule has 0 spiro atoms. The fourth-order valence-corrected chi connectivity index (χ4v) is 0.271. The number of hydrogen-bond acceptors (Lipinski definition) is 3. The summed E-state index contributed by atoms with van der Waals surface area (Å²) >= 11 is 0. The first-order valence-electron chi connectivity index (χ1n) is 2.32. The molecule has 0 saturated carbocycles.